The number of Topliss-reactive ketones (excluding diaryl/α,β-unsaturated/α-hetero) is 1. The molecule has 3 rings (SSSR count). The molecule has 0 unspecified atom stereocenters. The molecule has 1 aliphatic rings. The summed E-state index contributed by atoms with van der Waals surface area (Å²) in [5.41, 5.74) is 2.04. The summed E-state index contributed by atoms with van der Waals surface area (Å²) in [6.45, 7) is 6.09. The molecule has 1 atom stereocenters. The first-order chi connectivity index (χ1) is 15.2. The number of pyridine rings is 1. The normalized spacial score (nSPS) is 17.9. The third kappa shape index (κ3) is 4.16. The molecule has 0 saturated carbocycles. The molecule has 1 amide bonds. The highest BCUT2D eigenvalue weighted by Gasteiger charge is 2.46. The lowest BCUT2D eigenvalue weighted by atomic mass is 9.95. The van der Waals surface area contributed by atoms with Gasteiger partial charge in [0.05, 0.1) is 18.2 Å². The van der Waals surface area contributed by atoms with Gasteiger partial charge in [-0.25, -0.2) is 4.79 Å². The van der Waals surface area contributed by atoms with Gasteiger partial charge in [-0.1, -0.05) is 6.07 Å². The number of aliphatic hydroxyl groups excluding tert-OH is 1. The molecule has 1 saturated heterocycles. The quantitative estimate of drug-likeness (QED) is 0.293. The topological polar surface area (TPSA) is 116 Å². The SMILES string of the molecule is CCOC(=O)c1[nH]c(C)c(/C(O)=C2\C(=O)C(=O)N(CCN(C)C)[C@@H]2c2cccnc2)c1C. The third-order valence-corrected chi connectivity index (χ3v) is 5.48. The minimum absolute atomic E-state index is 0.0256. The predicted octanol–water partition coefficient (Wildman–Crippen LogP) is 2.19. The predicted molar refractivity (Wildman–Crippen MR) is 118 cm³/mol. The van der Waals surface area contributed by atoms with Crippen molar-refractivity contribution in [3.63, 3.8) is 0 Å². The van der Waals surface area contributed by atoms with Crippen LogP contribution in [-0.4, -0.2) is 76.3 Å². The summed E-state index contributed by atoms with van der Waals surface area (Å²) >= 11 is 0. The standard InChI is InChI=1S/C23H28N4O5/c1-6-32-23(31)18-13(2)16(14(3)25-18)20(28)17-19(15-8-7-9-24-12-15)27(11-10-26(4)5)22(30)21(17)29/h7-9,12,19,25,28H,6,10-11H2,1-5H3/b20-17+/t19-/m1/s1. The number of amides is 1. The number of ketones is 1. The van der Waals surface area contributed by atoms with Gasteiger partial charge in [0, 0.05) is 36.7 Å². The van der Waals surface area contributed by atoms with Crippen molar-refractivity contribution in [2.45, 2.75) is 26.8 Å². The molecule has 3 heterocycles. The third-order valence-electron chi connectivity index (χ3n) is 5.48. The van der Waals surface area contributed by atoms with Gasteiger partial charge in [-0.15, -0.1) is 0 Å². The fraction of sp³-hybridized carbons (Fsp3) is 0.391. The van der Waals surface area contributed by atoms with Crippen molar-refractivity contribution in [3.05, 3.63) is 58.2 Å². The molecule has 1 fully saturated rings. The fourth-order valence-corrected chi connectivity index (χ4v) is 3.95. The van der Waals surface area contributed by atoms with E-state index < -0.39 is 23.7 Å². The Morgan fingerprint density at radius 2 is 2.03 bits per heavy atom. The minimum Gasteiger partial charge on any atom is -0.507 e. The Morgan fingerprint density at radius 3 is 2.62 bits per heavy atom. The number of hydrogen-bond acceptors (Lipinski definition) is 7. The molecule has 9 heteroatoms. The molecule has 0 bridgehead atoms. The Labute approximate surface area is 186 Å². The molecule has 2 N–H and O–H groups in total. The summed E-state index contributed by atoms with van der Waals surface area (Å²) in [7, 11) is 3.75. The van der Waals surface area contributed by atoms with Crippen molar-refractivity contribution in [2.75, 3.05) is 33.8 Å². The second kappa shape index (κ2) is 9.35. The van der Waals surface area contributed by atoms with Gasteiger partial charge in [-0.3, -0.25) is 14.6 Å². The summed E-state index contributed by atoms with van der Waals surface area (Å²) in [5, 5.41) is 11.3. The number of aromatic nitrogens is 2. The van der Waals surface area contributed by atoms with E-state index in [0.717, 1.165) is 0 Å². The summed E-state index contributed by atoms with van der Waals surface area (Å²) in [6.07, 6.45) is 3.18. The van der Waals surface area contributed by atoms with Gasteiger partial charge in [0.1, 0.15) is 11.5 Å². The number of nitrogens with one attached hydrogen (secondary N) is 1. The minimum atomic E-state index is -0.789. The van der Waals surface area contributed by atoms with Crippen LogP contribution in [0.5, 0.6) is 0 Å². The van der Waals surface area contributed by atoms with Gasteiger partial charge in [0.2, 0.25) is 0 Å². The first-order valence-corrected chi connectivity index (χ1v) is 10.4. The van der Waals surface area contributed by atoms with E-state index in [1.807, 2.05) is 19.0 Å². The number of aryl methyl sites for hydroxylation is 1. The van der Waals surface area contributed by atoms with Crippen LogP contribution in [0.4, 0.5) is 0 Å². The Morgan fingerprint density at radius 1 is 1.31 bits per heavy atom. The van der Waals surface area contributed by atoms with Gasteiger partial charge in [-0.2, -0.15) is 0 Å². The van der Waals surface area contributed by atoms with Gasteiger partial charge in [0.25, 0.3) is 11.7 Å². The number of esters is 1. The highest BCUT2D eigenvalue weighted by atomic mass is 16.5. The second-order valence-electron chi connectivity index (χ2n) is 7.93. The molecule has 9 nitrogen and oxygen atoms in total. The Hall–Kier alpha value is -3.46. The molecular weight excluding hydrogens is 412 g/mol. The zero-order chi connectivity index (χ0) is 23.6. The van der Waals surface area contributed by atoms with Crippen molar-refractivity contribution in [2.24, 2.45) is 0 Å². The second-order valence-corrected chi connectivity index (χ2v) is 7.93. The number of carbonyl (C=O) groups excluding carboxylic acids is 3. The van der Waals surface area contributed by atoms with E-state index in [2.05, 4.69) is 9.97 Å². The Kier molecular flexibility index (Phi) is 6.78. The van der Waals surface area contributed by atoms with Crippen molar-refractivity contribution < 1.29 is 24.2 Å². The highest BCUT2D eigenvalue weighted by molar-refractivity contribution is 6.46. The number of hydrogen-bond donors (Lipinski definition) is 2. The van der Waals surface area contributed by atoms with Crippen LogP contribution in [-0.2, 0) is 14.3 Å². The first kappa shape index (κ1) is 23.2. The van der Waals surface area contributed by atoms with E-state index in [9.17, 15) is 19.5 Å². The lowest BCUT2D eigenvalue weighted by Gasteiger charge is -2.26. The average molecular weight is 441 g/mol. The van der Waals surface area contributed by atoms with Crippen LogP contribution in [0.1, 0.15) is 45.8 Å². The van der Waals surface area contributed by atoms with Crippen LogP contribution in [0.3, 0.4) is 0 Å². The number of carbonyl (C=O) groups is 3. The van der Waals surface area contributed by atoms with E-state index in [-0.39, 0.29) is 23.6 Å². The molecule has 0 radical (unpaired) electrons. The van der Waals surface area contributed by atoms with Gasteiger partial charge >= 0.3 is 5.97 Å². The van der Waals surface area contributed by atoms with E-state index in [1.54, 1.807) is 45.3 Å². The summed E-state index contributed by atoms with van der Waals surface area (Å²) in [5.74, 6) is -2.33. The highest BCUT2D eigenvalue weighted by Crippen LogP contribution is 2.40. The first-order valence-electron chi connectivity index (χ1n) is 10.4. The monoisotopic (exact) mass is 440 g/mol. The van der Waals surface area contributed by atoms with E-state index in [0.29, 0.717) is 35.5 Å². The Bertz CT molecular complexity index is 1070. The number of H-pyrrole nitrogens is 1. The largest absolute Gasteiger partial charge is 0.507 e. The van der Waals surface area contributed by atoms with E-state index in [4.69, 9.17) is 4.74 Å². The molecular formula is C23H28N4O5. The molecule has 0 spiro atoms. The number of nitrogens with zero attached hydrogens (tertiary/aromatic N) is 3. The van der Waals surface area contributed by atoms with Crippen LogP contribution < -0.4 is 0 Å². The number of rotatable bonds is 7. The maximum absolute atomic E-state index is 13.1. The van der Waals surface area contributed by atoms with Crippen molar-refractivity contribution in [1.29, 1.82) is 0 Å². The molecule has 170 valence electrons. The Balaban J connectivity index is 2.18. The number of aliphatic hydroxyl groups is 1. The van der Waals surface area contributed by atoms with Crippen LogP contribution in [0.15, 0.2) is 30.1 Å². The fourth-order valence-electron chi connectivity index (χ4n) is 3.95. The smallest absolute Gasteiger partial charge is 0.355 e. The van der Waals surface area contributed by atoms with Gasteiger partial charge in [0.15, 0.2) is 0 Å². The maximum atomic E-state index is 13.1. The molecule has 0 aliphatic carbocycles. The molecule has 32 heavy (non-hydrogen) atoms. The molecule has 2 aromatic rings. The molecule has 2 aromatic heterocycles. The van der Waals surface area contributed by atoms with Gasteiger partial charge < -0.3 is 24.6 Å². The van der Waals surface area contributed by atoms with Crippen molar-refractivity contribution in [3.8, 4) is 0 Å². The van der Waals surface area contributed by atoms with Crippen LogP contribution in [0.25, 0.3) is 5.76 Å². The number of likely N-dealkylation sites (N-methyl/N-ethyl adjacent to an activating group) is 1. The zero-order valence-corrected chi connectivity index (χ0v) is 18.9. The van der Waals surface area contributed by atoms with Crippen LogP contribution in [0.2, 0.25) is 0 Å². The summed E-state index contributed by atoms with van der Waals surface area (Å²) in [6, 6.07) is 2.69. The van der Waals surface area contributed by atoms with Gasteiger partial charge in [-0.05, 0) is 52.1 Å². The number of ether oxygens (including phenoxy) is 1. The van der Waals surface area contributed by atoms with Crippen LogP contribution >= 0.6 is 0 Å². The average Bonchev–Trinajstić information content (AvgIpc) is 3.19. The van der Waals surface area contributed by atoms with E-state index >= 15 is 0 Å². The lowest BCUT2D eigenvalue weighted by Crippen LogP contribution is -2.35. The van der Waals surface area contributed by atoms with E-state index in [1.165, 1.54) is 4.90 Å². The number of aromatic amines is 1. The maximum Gasteiger partial charge on any atom is 0.355 e. The van der Waals surface area contributed by atoms with Crippen molar-refractivity contribution >= 4 is 23.4 Å². The summed E-state index contributed by atoms with van der Waals surface area (Å²) in [4.78, 5) is 48.7. The van der Waals surface area contributed by atoms with Crippen LogP contribution in [0, 0.1) is 13.8 Å². The molecule has 1 aliphatic heterocycles. The number of likely N-dealkylation sites (tertiary alicyclic amines) is 1. The molecule has 0 aromatic carbocycles. The lowest BCUT2D eigenvalue weighted by molar-refractivity contribution is -0.140. The van der Waals surface area contributed by atoms with Crippen molar-refractivity contribution in [1.82, 2.24) is 19.8 Å². The summed E-state index contributed by atoms with van der Waals surface area (Å²) < 4.78 is 5.07. The zero-order valence-electron chi connectivity index (χ0n) is 18.9.